The number of rotatable bonds is 7. The van der Waals surface area contributed by atoms with Crippen LogP contribution < -0.4 is 0 Å². The minimum Gasteiger partial charge on any atom is -0.395 e. The van der Waals surface area contributed by atoms with Crippen LogP contribution in [0.25, 0.3) is 0 Å². The third kappa shape index (κ3) is 4.66. The van der Waals surface area contributed by atoms with Gasteiger partial charge in [-0.05, 0) is 6.54 Å². The number of hydrogen-bond acceptors (Lipinski definition) is 4. The molecule has 0 aliphatic rings. The first-order valence-electron chi connectivity index (χ1n) is 4.17. The maximum atomic E-state index is 8.70. The van der Waals surface area contributed by atoms with Gasteiger partial charge in [0.25, 0.3) is 0 Å². The molecule has 12 heavy (non-hydrogen) atoms. The van der Waals surface area contributed by atoms with E-state index in [-0.39, 0.29) is 12.9 Å². The van der Waals surface area contributed by atoms with E-state index in [0.717, 1.165) is 6.54 Å². The van der Waals surface area contributed by atoms with E-state index in [1.165, 1.54) is 0 Å². The molecule has 4 nitrogen and oxygen atoms in total. The summed E-state index contributed by atoms with van der Waals surface area (Å²) in [7, 11) is 3.22. The zero-order valence-corrected chi connectivity index (χ0v) is 8.12. The lowest BCUT2D eigenvalue weighted by Gasteiger charge is -2.23. The van der Waals surface area contributed by atoms with Crippen molar-refractivity contribution >= 4 is 0 Å². The van der Waals surface area contributed by atoms with Crippen LogP contribution in [0.5, 0.6) is 0 Å². The molecule has 0 aliphatic carbocycles. The smallest absolute Gasteiger partial charge is 0.169 e. The molecule has 74 valence electrons. The molecule has 0 radical (unpaired) electrons. The minimum absolute atomic E-state index is 0.175. The fourth-order valence-electron chi connectivity index (χ4n) is 0.976. The van der Waals surface area contributed by atoms with Gasteiger partial charge in [-0.2, -0.15) is 0 Å². The van der Waals surface area contributed by atoms with Crippen molar-refractivity contribution in [3.63, 3.8) is 0 Å². The lowest BCUT2D eigenvalue weighted by atomic mass is 10.4. The quantitative estimate of drug-likeness (QED) is 0.552. The van der Waals surface area contributed by atoms with Gasteiger partial charge in [0, 0.05) is 27.3 Å². The van der Waals surface area contributed by atoms with Crippen LogP contribution in [0.15, 0.2) is 0 Å². The zero-order valence-electron chi connectivity index (χ0n) is 8.12. The molecule has 0 aromatic carbocycles. The van der Waals surface area contributed by atoms with E-state index in [1.807, 2.05) is 6.92 Å². The second-order valence-corrected chi connectivity index (χ2v) is 2.52. The summed E-state index contributed by atoms with van der Waals surface area (Å²) in [4.78, 5) is 2.07. The Bertz CT molecular complexity index is 96.3. The molecule has 0 aliphatic heterocycles. The van der Waals surface area contributed by atoms with Gasteiger partial charge in [0.05, 0.1) is 6.61 Å². The summed E-state index contributed by atoms with van der Waals surface area (Å²) in [5, 5.41) is 8.70. The van der Waals surface area contributed by atoms with Crippen LogP contribution in [0.3, 0.4) is 0 Å². The Balaban J connectivity index is 3.65. The second kappa shape index (κ2) is 7.49. The highest BCUT2D eigenvalue weighted by atomic mass is 16.7. The van der Waals surface area contributed by atoms with E-state index in [0.29, 0.717) is 13.1 Å². The lowest BCUT2D eigenvalue weighted by Crippen LogP contribution is -2.36. The van der Waals surface area contributed by atoms with Crippen LogP contribution in [0.4, 0.5) is 0 Å². The van der Waals surface area contributed by atoms with Crippen LogP contribution in [-0.2, 0) is 9.47 Å². The first-order chi connectivity index (χ1) is 5.78. The molecule has 0 atom stereocenters. The van der Waals surface area contributed by atoms with Gasteiger partial charge >= 0.3 is 0 Å². The number of likely N-dealkylation sites (N-methyl/N-ethyl adjacent to an activating group) is 1. The molecule has 0 rings (SSSR count). The van der Waals surface area contributed by atoms with E-state index < -0.39 is 0 Å². The minimum atomic E-state index is -0.198. The molecule has 0 heterocycles. The van der Waals surface area contributed by atoms with E-state index in [9.17, 15) is 0 Å². The monoisotopic (exact) mass is 177 g/mol. The highest BCUT2D eigenvalue weighted by Gasteiger charge is 2.09. The van der Waals surface area contributed by atoms with E-state index in [4.69, 9.17) is 14.6 Å². The Morgan fingerprint density at radius 3 is 2.25 bits per heavy atom. The van der Waals surface area contributed by atoms with Crippen LogP contribution in [0, 0.1) is 0 Å². The van der Waals surface area contributed by atoms with Gasteiger partial charge in [0.1, 0.15) is 0 Å². The number of ether oxygens (including phenoxy) is 2. The van der Waals surface area contributed by atoms with Gasteiger partial charge in [-0.3, -0.25) is 4.90 Å². The molecule has 0 bridgehead atoms. The van der Waals surface area contributed by atoms with Crippen molar-refractivity contribution in [1.29, 1.82) is 0 Å². The molecule has 0 saturated heterocycles. The fourth-order valence-corrected chi connectivity index (χ4v) is 0.976. The molecule has 4 heteroatoms. The summed E-state index contributed by atoms with van der Waals surface area (Å²) in [6.45, 7) is 4.47. The third-order valence-corrected chi connectivity index (χ3v) is 1.80. The van der Waals surface area contributed by atoms with Crippen molar-refractivity contribution in [2.24, 2.45) is 0 Å². The van der Waals surface area contributed by atoms with Crippen LogP contribution in [0.2, 0.25) is 0 Å². The molecule has 0 spiro atoms. The predicted molar refractivity (Wildman–Crippen MR) is 47.0 cm³/mol. The van der Waals surface area contributed by atoms with Crippen molar-refractivity contribution < 1.29 is 14.6 Å². The lowest BCUT2D eigenvalue weighted by molar-refractivity contribution is -0.116. The second-order valence-electron chi connectivity index (χ2n) is 2.52. The Morgan fingerprint density at radius 1 is 1.33 bits per heavy atom. The summed E-state index contributed by atoms with van der Waals surface area (Å²) in [5.41, 5.74) is 0. The Kier molecular flexibility index (Phi) is 7.39. The summed E-state index contributed by atoms with van der Waals surface area (Å²) in [5.74, 6) is 0. The number of methoxy groups -OCH3 is 2. The summed E-state index contributed by atoms with van der Waals surface area (Å²) >= 11 is 0. The topological polar surface area (TPSA) is 41.9 Å². The summed E-state index contributed by atoms with van der Waals surface area (Å²) < 4.78 is 10.1. The number of nitrogens with zero attached hydrogens (tertiary/aromatic N) is 1. The molecule has 0 aromatic rings. The van der Waals surface area contributed by atoms with Gasteiger partial charge < -0.3 is 14.6 Å². The fraction of sp³-hybridized carbons (Fsp3) is 1.00. The molecule has 0 aromatic heterocycles. The largest absolute Gasteiger partial charge is 0.395 e. The Labute approximate surface area is 74.1 Å². The van der Waals surface area contributed by atoms with Crippen molar-refractivity contribution in [2.75, 3.05) is 40.5 Å². The standard InChI is InChI=1S/C8H19NO3/c1-4-9(5-6-10)7-8(11-2)12-3/h8,10H,4-7H2,1-3H3. The average molecular weight is 177 g/mol. The maximum Gasteiger partial charge on any atom is 0.169 e. The van der Waals surface area contributed by atoms with Crippen molar-refractivity contribution in [1.82, 2.24) is 4.90 Å². The van der Waals surface area contributed by atoms with Crippen molar-refractivity contribution in [3.05, 3.63) is 0 Å². The summed E-state index contributed by atoms with van der Waals surface area (Å²) in [6, 6.07) is 0. The predicted octanol–water partition coefficient (Wildman–Crippen LogP) is -0.0805. The molecular formula is C8H19NO3. The van der Waals surface area contributed by atoms with Gasteiger partial charge in [-0.15, -0.1) is 0 Å². The first-order valence-corrected chi connectivity index (χ1v) is 4.17. The Hall–Kier alpha value is -0.160. The molecule has 0 saturated carbocycles. The number of aliphatic hydroxyl groups is 1. The number of aliphatic hydroxyl groups excluding tert-OH is 1. The molecule has 0 amide bonds. The van der Waals surface area contributed by atoms with Gasteiger partial charge in [-0.1, -0.05) is 6.92 Å². The van der Waals surface area contributed by atoms with E-state index in [1.54, 1.807) is 14.2 Å². The first kappa shape index (κ1) is 11.8. The van der Waals surface area contributed by atoms with Gasteiger partial charge in [0.15, 0.2) is 6.29 Å². The summed E-state index contributed by atoms with van der Waals surface area (Å²) in [6.07, 6.45) is -0.198. The van der Waals surface area contributed by atoms with E-state index in [2.05, 4.69) is 4.90 Å². The Morgan fingerprint density at radius 2 is 1.92 bits per heavy atom. The zero-order chi connectivity index (χ0) is 9.40. The molecule has 0 unspecified atom stereocenters. The highest BCUT2D eigenvalue weighted by molar-refractivity contribution is 4.56. The van der Waals surface area contributed by atoms with Gasteiger partial charge in [-0.25, -0.2) is 0 Å². The van der Waals surface area contributed by atoms with Crippen molar-refractivity contribution in [3.8, 4) is 0 Å². The maximum absolute atomic E-state index is 8.70. The normalized spacial score (nSPS) is 11.5. The highest BCUT2D eigenvalue weighted by Crippen LogP contribution is 1.96. The number of hydrogen-bond donors (Lipinski definition) is 1. The third-order valence-electron chi connectivity index (χ3n) is 1.80. The molecule has 0 fully saturated rings. The van der Waals surface area contributed by atoms with Crippen LogP contribution >= 0.6 is 0 Å². The average Bonchev–Trinajstić information content (AvgIpc) is 2.12. The SMILES string of the molecule is CCN(CCO)CC(OC)OC. The van der Waals surface area contributed by atoms with Crippen LogP contribution in [-0.4, -0.2) is 56.8 Å². The van der Waals surface area contributed by atoms with Crippen LogP contribution in [0.1, 0.15) is 6.92 Å². The van der Waals surface area contributed by atoms with Crippen molar-refractivity contribution in [2.45, 2.75) is 13.2 Å². The van der Waals surface area contributed by atoms with Gasteiger partial charge in [0.2, 0.25) is 0 Å². The molecular weight excluding hydrogens is 158 g/mol. The molecule has 1 N–H and O–H groups in total. The van der Waals surface area contributed by atoms with E-state index >= 15 is 0 Å².